The normalized spacial score (nSPS) is 16.7. The highest BCUT2D eigenvalue weighted by Gasteiger charge is 2.21. The summed E-state index contributed by atoms with van der Waals surface area (Å²) in [7, 11) is 0. The third-order valence-corrected chi connectivity index (χ3v) is 3.99. The highest BCUT2D eigenvalue weighted by atomic mass is 16.6. The second-order valence-electron chi connectivity index (χ2n) is 5.32. The summed E-state index contributed by atoms with van der Waals surface area (Å²) in [6, 6.07) is 0. The fourth-order valence-corrected chi connectivity index (χ4v) is 2.43. The Bertz CT molecular complexity index is 262. The summed E-state index contributed by atoms with van der Waals surface area (Å²) < 4.78 is 5.36. The van der Waals surface area contributed by atoms with Crippen molar-refractivity contribution in [2.75, 3.05) is 59.0 Å². The van der Waals surface area contributed by atoms with Crippen molar-refractivity contribution in [2.45, 2.75) is 33.6 Å². The Balaban J connectivity index is 2.16. The van der Waals surface area contributed by atoms with Crippen molar-refractivity contribution >= 4 is 6.09 Å². The largest absolute Gasteiger partial charge is 0.448 e. The molecule has 118 valence electrons. The molecule has 0 aromatic rings. The standard InChI is InChI=1S/C15H31N3O2/c1-4-7-8-17-9-11-18(12-10-17)15(19)20-14-13-16(5-2)6-3/h4-14H2,1-3H3. The fraction of sp³-hybridized carbons (Fsp3) is 0.933. The van der Waals surface area contributed by atoms with Crippen molar-refractivity contribution in [3.05, 3.63) is 0 Å². The predicted molar refractivity (Wildman–Crippen MR) is 82.1 cm³/mol. The van der Waals surface area contributed by atoms with Crippen LogP contribution in [-0.4, -0.2) is 79.8 Å². The van der Waals surface area contributed by atoms with Crippen molar-refractivity contribution < 1.29 is 9.53 Å². The lowest BCUT2D eigenvalue weighted by molar-refractivity contribution is 0.0693. The van der Waals surface area contributed by atoms with E-state index < -0.39 is 0 Å². The summed E-state index contributed by atoms with van der Waals surface area (Å²) in [6.45, 7) is 14.5. The summed E-state index contributed by atoms with van der Waals surface area (Å²) >= 11 is 0. The van der Waals surface area contributed by atoms with Crippen LogP contribution in [0, 0.1) is 0 Å². The number of carbonyl (C=O) groups is 1. The maximum Gasteiger partial charge on any atom is 0.409 e. The number of piperazine rings is 1. The highest BCUT2D eigenvalue weighted by molar-refractivity contribution is 5.67. The van der Waals surface area contributed by atoms with E-state index in [2.05, 4.69) is 30.6 Å². The van der Waals surface area contributed by atoms with Gasteiger partial charge in [-0.15, -0.1) is 0 Å². The van der Waals surface area contributed by atoms with E-state index in [-0.39, 0.29) is 6.09 Å². The average molecular weight is 285 g/mol. The van der Waals surface area contributed by atoms with Gasteiger partial charge >= 0.3 is 6.09 Å². The zero-order chi connectivity index (χ0) is 14.8. The summed E-state index contributed by atoms with van der Waals surface area (Å²) in [5, 5.41) is 0. The molecule has 0 aromatic carbocycles. The molecule has 0 radical (unpaired) electrons. The van der Waals surface area contributed by atoms with E-state index >= 15 is 0 Å². The molecule has 1 amide bonds. The molecule has 0 bridgehead atoms. The molecule has 0 spiro atoms. The first-order valence-corrected chi connectivity index (χ1v) is 8.07. The van der Waals surface area contributed by atoms with Crippen molar-refractivity contribution in [1.29, 1.82) is 0 Å². The maximum atomic E-state index is 11.9. The molecule has 0 aromatic heterocycles. The zero-order valence-corrected chi connectivity index (χ0v) is 13.4. The first-order chi connectivity index (χ1) is 9.71. The Hall–Kier alpha value is -0.810. The van der Waals surface area contributed by atoms with E-state index in [0.29, 0.717) is 6.61 Å². The minimum atomic E-state index is -0.146. The first kappa shape index (κ1) is 17.2. The number of hydrogen-bond donors (Lipinski definition) is 0. The lowest BCUT2D eigenvalue weighted by Crippen LogP contribution is -2.49. The van der Waals surface area contributed by atoms with E-state index in [0.717, 1.165) is 52.4 Å². The number of likely N-dealkylation sites (N-methyl/N-ethyl adjacent to an activating group) is 1. The van der Waals surface area contributed by atoms with Crippen LogP contribution < -0.4 is 0 Å². The number of nitrogens with zero attached hydrogens (tertiary/aromatic N) is 3. The minimum absolute atomic E-state index is 0.146. The number of carbonyl (C=O) groups excluding carboxylic acids is 1. The monoisotopic (exact) mass is 285 g/mol. The molecule has 1 fully saturated rings. The predicted octanol–water partition coefficient (Wildman–Crippen LogP) is 1.88. The van der Waals surface area contributed by atoms with Crippen LogP contribution in [0.25, 0.3) is 0 Å². The van der Waals surface area contributed by atoms with Gasteiger partial charge in [0.1, 0.15) is 6.61 Å². The Morgan fingerprint density at radius 3 is 2.30 bits per heavy atom. The second kappa shape index (κ2) is 10.00. The van der Waals surface area contributed by atoms with E-state index in [1.165, 1.54) is 12.8 Å². The van der Waals surface area contributed by atoms with Gasteiger partial charge in [-0.1, -0.05) is 27.2 Å². The Morgan fingerprint density at radius 1 is 1.10 bits per heavy atom. The van der Waals surface area contributed by atoms with Gasteiger partial charge in [-0.2, -0.15) is 0 Å². The third kappa shape index (κ3) is 6.09. The molecule has 1 aliphatic rings. The van der Waals surface area contributed by atoms with Gasteiger partial charge in [0.05, 0.1) is 0 Å². The van der Waals surface area contributed by atoms with Crippen molar-refractivity contribution in [3.63, 3.8) is 0 Å². The number of ether oxygens (including phenoxy) is 1. The fourth-order valence-electron chi connectivity index (χ4n) is 2.43. The van der Waals surface area contributed by atoms with Gasteiger partial charge in [0.25, 0.3) is 0 Å². The Kier molecular flexibility index (Phi) is 8.62. The number of hydrogen-bond acceptors (Lipinski definition) is 4. The molecule has 0 N–H and O–H groups in total. The molecule has 0 atom stereocenters. The van der Waals surface area contributed by atoms with Crippen LogP contribution in [0.4, 0.5) is 4.79 Å². The van der Waals surface area contributed by atoms with Crippen LogP contribution in [0.3, 0.4) is 0 Å². The van der Waals surface area contributed by atoms with E-state index in [1.54, 1.807) is 0 Å². The summed E-state index contributed by atoms with van der Waals surface area (Å²) in [5.41, 5.74) is 0. The van der Waals surface area contributed by atoms with Gasteiger partial charge in [-0.3, -0.25) is 4.90 Å². The summed E-state index contributed by atoms with van der Waals surface area (Å²) in [5.74, 6) is 0. The number of rotatable bonds is 8. The van der Waals surface area contributed by atoms with Crippen LogP contribution in [-0.2, 0) is 4.74 Å². The minimum Gasteiger partial charge on any atom is -0.448 e. The molecule has 20 heavy (non-hydrogen) atoms. The average Bonchev–Trinajstić information content (AvgIpc) is 2.50. The van der Waals surface area contributed by atoms with Gasteiger partial charge in [0.15, 0.2) is 0 Å². The molecule has 0 unspecified atom stereocenters. The molecular weight excluding hydrogens is 254 g/mol. The Labute approximate surface area is 123 Å². The van der Waals surface area contributed by atoms with E-state index in [4.69, 9.17) is 4.74 Å². The van der Waals surface area contributed by atoms with Crippen LogP contribution in [0.5, 0.6) is 0 Å². The molecule has 1 rings (SSSR count). The van der Waals surface area contributed by atoms with Gasteiger partial charge in [-0.25, -0.2) is 4.79 Å². The molecule has 1 saturated heterocycles. The Morgan fingerprint density at radius 2 is 1.75 bits per heavy atom. The SMILES string of the molecule is CCCCN1CCN(C(=O)OCCN(CC)CC)CC1. The van der Waals surface area contributed by atoms with Gasteiger partial charge in [0.2, 0.25) is 0 Å². The summed E-state index contributed by atoms with van der Waals surface area (Å²) in [6.07, 6.45) is 2.33. The van der Waals surface area contributed by atoms with Crippen LogP contribution in [0.15, 0.2) is 0 Å². The van der Waals surface area contributed by atoms with Crippen molar-refractivity contribution in [3.8, 4) is 0 Å². The lowest BCUT2D eigenvalue weighted by atomic mass is 10.2. The molecule has 0 saturated carbocycles. The van der Waals surface area contributed by atoms with Gasteiger partial charge in [-0.05, 0) is 26.1 Å². The molecule has 1 aliphatic heterocycles. The van der Waals surface area contributed by atoms with E-state index in [9.17, 15) is 4.79 Å². The lowest BCUT2D eigenvalue weighted by Gasteiger charge is -2.34. The van der Waals surface area contributed by atoms with Crippen molar-refractivity contribution in [2.24, 2.45) is 0 Å². The third-order valence-electron chi connectivity index (χ3n) is 3.99. The second-order valence-corrected chi connectivity index (χ2v) is 5.32. The maximum absolute atomic E-state index is 11.9. The topological polar surface area (TPSA) is 36.0 Å². The smallest absolute Gasteiger partial charge is 0.409 e. The number of amides is 1. The zero-order valence-electron chi connectivity index (χ0n) is 13.4. The van der Waals surface area contributed by atoms with Crippen LogP contribution in [0.2, 0.25) is 0 Å². The van der Waals surface area contributed by atoms with Crippen molar-refractivity contribution in [1.82, 2.24) is 14.7 Å². The highest BCUT2D eigenvalue weighted by Crippen LogP contribution is 2.05. The van der Waals surface area contributed by atoms with Gasteiger partial charge in [0, 0.05) is 32.7 Å². The van der Waals surface area contributed by atoms with Gasteiger partial charge < -0.3 is 14.5 Å². The first-order valence-electron chi connectivity index (χ1n) is 8.07. The molecule has 5 nitrogen and oxygen atoms in total. The number of unbranched alkanes of at least 4 members (excludes halogenated alkanes) is 1. The summed E-state index contributed by atoms with van der Waals surface area (Å²) in [4.78, 5) is 18.5. The van der Waals surface area contributed by atoms with Crippen LogP contribution >= 0.6 is 0 Å². The molecule has 1 heterocycles. The van der Waals surface area contributed by atoms with E-state index in [1.807, 2.05) is 4.90 Å². The quantitative estimate of drug-likeness (QED) is 0.682. The van der Waals surface area contributed by atoms with Crippen LogP contribution in [0.1, 0.15) is 33.6 Å². The molecule has 5 heteroatoms. The molecular formula is C15H31N3O2. The molecule has 0 aliphatic carbocycles.